The molecule has 0 aromatic heterocycles. The Bertz CT molecular complexity index is 462. The van der Waals surface area contributed by atoms with Crippen molar-refractivity contribution >= 4 is 0 Å². The normalized spacial score (nSPS) is 10.3. The van der Waals surface area contributed by atoms with E-state index in [0.29, 0.717) is 0 Å². The van der Waals surface area contributed by atoms with Crippen LogP contribution in [0.15, 0.2) is 54.6 Å². The molecule has 0 saturated heterocycles. The third-order valence-electron chi connectivity index (χ3n) is 2.85. The molecule has 1 radical (unpaired) electrons. The summed E-state index contributed by atoms with van der Waals surface area (Å²) >= 11 is 0. The summed E-state index contributed by atoms with van der Waals surface area (Å²) in [5.41, 5.74) is 2.42. The van der Waals surface area contributed by atoms with Gasteiger partial charge in [-0.3, -0.25) is 0 Å². The number of hydrogen-bond donors (Lipinski definition) is 0. The Morgan fingerprint density at radius 1 is 0.833 bits per heavy atom. The lowest BCUT2D eigenvalue weighted by Gasteiger charge is -2.08. The average molecular weight is 239 g/mol. The van der Waals surface area contributed by atoms with Crippen molar-refractivity contribution in [3.05, 3.63) is 61.5 Å². The monoisotopic (exact) mass is 239 g/mol. The highest BCUT2D eigenvalue weighted by molar-refractivity contribution is 5.64. The molecule has 18 heavy (non-hydrogen) atoms. The molecule has 2 aromatic carbocycles. The summed E-state index contributed by atoms with van der Waals surface area (Å²) in [5.74, 6) is 0.945. The molecular weight excluding hydrogens is 220 g/mol. The van der Waals surface area contributed by atoms with E-state index >= 15 is 0 Å². The van der Waals surface area contributed by atoms with Crippen LogP contribution < -0.4 is 4.74 Å². The highest BCUT2D eigenvalue weighted by Crippen LogP contribution is 2.23. The van der Waals surface area contributed by atoms with Gasteiger partial charge in [0.2, 0.25) is 0 Å². The molecule has 0 fully saturated rings. The zero-order chi connectivity index (χ0) is 12.6. The molecule has 0 aliphatic carbocycles. The quantitative estimate of drug-likeness (QED) is 0.662. The fraction of sp³-hybridized carbons (Fsp3) is 0.235. The van der Waals surface area contributed by atoms with Gasteiger partial charge in [0.25, 0.3) is 0 Å². The summed E-state index contributed by atoms with van der Waals surface area (Å²) in [6, 6.07) is 18.6. The van der Waals surface area contributed by atoms with E-state index in [0.717, 1.165) is 31.6 Å². The number of rotatable bonds is 6. The average Bonchev–Trinajstić information content (AvgIpc) is 2.45. The van der Waals surface area contributed by atoms with Crippen LogP contribution in [-0.4, -0.2) is 6.61 Å². The maximum atomic E-state index is 5.74. The third-order valence-corrected chi connectivity index (χ3v) is 2.85. The largest absolute Gasteiger partial charge is 0.494 e. The standard InChI is InChI=1S/C17H19O/c1-2-3-7-13-18-17-12-8-11-16(14-17)15-9-5-4-6-10-15/h4-6,8-12,14H,1-3,7,13H2. The Hall–Kier alpha value is -1.76. The second-order valence-corrected chi connectivity index (χ2v) is 4.30. The first kappa shape index (κ1) is 12.7. The molecule has 0 aliphatic heterocycles. The van der Waals surface area contributed by atoms with Gasteiger partial charge in [-0.15, -0.1) is 0 Å². The van der Waals surface area contributed by atoms with Crippen molar-refractivity contribution in [1.29, 1.82) is 0 Å². The van der Waals surface area contributed by atoms with Gasteiger partial charge in [0.1, 0.15) is 5.75 Å². The molecular formula is C17H19O. The van der Waals surface area contributed by atoms with E-state index in [-0.39, 0.29) is 0 Å². The molecule has 2 rings (SSSR count). The Kier molecular flexibility index (Phi) is 4.83. The van der Waals surface area contributed by atoms with Crippen LogP contribution in [0.25, 0.3) is 11.1 Å². The Morgan fingerprint density at radius 2 is 1.61 bits per heavy atom. The summed E-state index contributed by atoms with van der Waals surface area (Å²) in [5, 5.41) is 0. The zero-order valence-corrected chi connectivity index (χ0v) is 10.6. The van der Waals surface area contributed by atoms with Crippen LogP contribution >= 0.6 is 0 Å². The molecule has 93 valence electrons. The van der Waals surface area contributed by atoms with Gasteiger partial charge >= 0.3 is 0 Å². The molecule has 0 bridgehead atoms. The van der Waals surface area contributed by atoms with E-state index in [1.165, 1.54) is 11.1 Å². The Morgan fingerprint density at radius 3 is 2.39 bits per heavy atom. The SMILES string of the molecule is [CH2]CCCCOc1cccc(-c2ccccc2)c1. The smallest absolute Gasteiger partial charge is 0.119 e. The summed E-state index contributed by atoms with van der Waals surface area (Å²) in [7, 11) is 0. The van der Waals surface area contributed by atoms with Crippen molar-refractivity contribution in [3.63, 3.8) is 0 Å². The van der Waals surface area contributed by atoms with Crippen molar-refractivity contribution in [3.8, 4) is 16.9 Å². The van der Waals surface area contributed by atoms with Gasteiger partial charge in [0, 0.05) is 0 Å². The first-order valence-corrected chi connectivity index (χ1v) is 6.47. The topological polar surface area (TPSA) is 9.23 Å². The highest BCUT2D eigenvalue weighted by Gasteiger charge is 1.99. The lowest BCUT2D eigenvalue weighted by Crippen LogP contribution is -1.96. The van der Waals surface area contributed by atoms with E-state index in [4.69, 9.17) is 4.74 Å². The molecule has 0 saturated carbocycles. The van der Waals surface area contributed by atoms with E-state index in [2.05, 4.69) is 43.3 Å². The molecule has 0 aliphatic rings. The lowest BCUT2D eigenvalue weighted by atomic mass is 10.1. The number of hydrogen-bond acceptors (Lipinski definition) is 1. The first-order valence-electron chi connectivity index (χ1n) is 6.47. The van der Waals surface area contributed by atoms with Crippen LogP contribution in [0.3, 0.4) is 0 Å². The van der Waals surface area contributed by atoms with Crippen molar-refractivity contribution in [2.24, 2.45) is 0 Å². The molecule has 0 spiro atoms. The summed E-state index contributed by atoms with van der Waals surface area (Å²) in [4.78, 5) is 0. The number of ether oxygens (including phenoxy) is 1. The van der Waals surface area contributed by atoms with Crippen LogP contribution in [-0.2, 0) is 0 Å². The summed E-state index contributed by atoms with van der Waals surface area (Å²) < 4.78 is 5.74. The number of unbranched alkanes of at least 4 members (excludes halogenated alkanes) is 2. The molecule has 0 heterocycles. The molecule has 1 heteroatoms. The minimum atomic E-state index is 0.772. The van der Waals surface area contributed by atoms with E-state index in [1.807, 2.05) is 18.2 Å². The second-order valence-electron chi connectivity index (χ2n) is 4.30. The first-order chi connectivity index (χ1) is 8.90. The molecule has 2 aromatic rings. The third kappa shape index (κ3) is 3.63. The van der Waals surface area contributed by atoms with E-state index < -0.39 is 0 Å². The summed E-state index contributed by atoms with van der Waals surface area (Å²) in [6.45, 7) is 4.60. The molecule has 0 unspecified atom stereocenters. The van der Waals surface area contributed by atoms with E-state index in [9.17, 15) is 0 Å². The van der Waals surface area contributed by atoms with Crippen LogP contribution in [0, 0.1) is 6.92 Å². The van der Waals surface area contributed by atoms with Gasteiger partial charge in [-0.2, -0.15) is 0 Å². The van der Waals surface area contributed by atoms with Crippen LogP contribution in [0.1, 0.15) is 19.3 Å². The Balaban J connectivity index is 2.02. The lowest BCUT2D eigenvalue weighted by molar-refractivity contribution is 0.307. The molecule has 0 amide bonds. The fourth-order valence-electron chi connectivity index (χ4n) is 1.86. The van der Waals surface area contributed by atoms with Gasteiger partial charge in [0.05, 0.1) is 6.61 Å². The second kappa shape index (κ2) is 6.85. The van der Waals surface area contributed by atoms with E-state index in [1.54, 1.807) is 0 Å². The molecule has 0 atom stereocenters. The minimum Gasteiger partial charge on any atom is -0.494 e. The summed E-state index contributed by atoms with van der Waals surface area (Å²) in [6.07, 6.45) is 3.17. The highest BCUT2D eigenvalue weighted by atomic mass is 16.5. The van der Waals surface area contributed by atoms with Gasteiger partial charge in [-0.1, -0.05) is 62.2 Å². The maximum Gasteiger partial charge on any atom is 0.119 e. The predicted molar refractivity (Wildman–Crippen MR) is 76.6 cm³/mol. The zero-order valence-electron chi connectivity index (χ0n) is 10.6. The van der Waals surface area contributed by atoms with Gasteiger partial charge in [-0.05, 0) is 29.7 Å². The van der Waals surface area contributed by atoms with Crippen molar-refractivity contribution in [2.45, 2.75) is 19.3 Å². The fourth-order valence-corrected chi connectivity index (χ4v) is 1.86. The maximum absolute atomic E-state index is 5.74. The van der Waals surface area contributed by atoms with Crippen LogP contribution in [0.5, 0.6) is 5.75 Å². The van der Waals surface area contributed by atoms with Crippen LogP contribution in [0.4, 0.5) is 0 Å². The van der Waals surface area contributed by atoms with Crippen LogP contribution in [0.2, 0.25) is 0 Å². The Labute approximate surface area is 109 Å². The predicted octanol–water partition coefficient (Wildman–Crippen LogP) is 4.74. The van der Waals surface area contributed by atoms with Gasteiger partial charge in [-0.25, -0.2) is 0 Å². The van der Waals surface area contributed by atoms with Crippen molar-refractivity contribution < 1.29 is 4.74 Å². The number of benzene rings is 2. The van der Waals surface area contributed by atoms with Gasteiger partial charge in [0.15, 0.2) is 0 Å². The molecule has 0 N–H and O–H groups in total. The van der Waals surface area contributed by atoms with Gasteiger partial charge < -0.3 is 4.74 Å². The van der Waals surface area contributed by atoms with Crippen molar-refractivity contribution in [1.82, 2.24) is 0 Å². The molecule has 1 nitrogen and oxygen atoms in total. The minimum absolute atomic E-state index is 0.772. The van der Waals surface area contributed by atoms with Crippen molar-refractivity contribution in [2.75, 3.05) is 6.61 Å².